The molecule has 6 heterocycles. The Bertz CT molecular complexity index is 1900. The summed E-state index contributed by atoms with van der Waals surface area (Å²) >= 11 is 1.11. The number of fused-ring (bicyclic) bond motifs is 2. The highest BCUT2D eigenvalue weighted by atomic mass is 32.1. The van der Waals surface area contributed by atoms with Gasteiger partial charge in [-0.15, -0.1) is 11.3 Å². The number of nitrogens with one attached hydrogen (secondary N) is 2. The smallest absolute Gasteiger partial charge is 0.176 e. The Morgan fingerprint density at radius 2 is 1.63 bits per heavy atom. The molecule has 1 aromatic carbocycles. The predicted molar refractivity (Wildman–Crippen MR) is 149 cm³/mol. The van der Waals surface area contributed by atoms with E-state index < -0.39 is 0 Å². The minimum Gasteiger partial charge on any atom is -0.352 e. The van der Waals surface area contributed by atoms with Gasteiger partial charge in [-0.3, -0.25) is 20.1 Å². The van der Waals surface area contributed by atoms with E-state index in [0.717, 1.165) is 79.1 Å². The fourth-order valence-electron chi connectivity index (χ4n) is 4.81. The van der Waals surface area contributed by atoms with Crippen LogP contribution in [0.15, 0.2) is 91.6 Å². The number of pyridine rings is 3. The van der Waals surface area contributed by atoms with Crippen LogP contribution in [0.4, 0.5) is 4.39 Å². The summed E-state index contributed by atoms with van der Waals surface area (Å²) in [7, 11) is 0. The van der Waals surface area contributed by atoms with E-state index in [1.165, 1.54) is 17.2 Å². The second-order valence-corrected chi connectivity index (χ2v) is 10.2. The van der Waals surface area contributed by atoms with E-state index in [1.807, 2.05) is 36.8 Å². The zero-order valence-corrected chi connectivity index (χ0v) is 21.0. The van der Waals surface area contributed by atoms with Crippen molar-refractivity contribution in [3.63, 3.8) is 0 Å². The summed E-state index contributed by atoms with van der Waals surface area (Å²) in [4.78, 5) is 17.8. The molecule has 0 aliphatic rings. The van der Waals surface area contributed by atoms with Crippen LogP contribution in [-0.4, -0.2) is 30.1 Å². The molecule has 0 saturated heterocycles. The molecule has 0 atom stereocenters. The highest BCUT2D eigenvalue weighted by Gasteiger charge is 2.16. The zero-order valence-electron chi connectivity index (χ0n) is 20.1. The number of benzene rings is 1. The van der Waals surface area contributed by atoms with Crippen molar-refractivity contribution in [1.82, 2.24) is 30.1 Å². The molecule has 0 fully saturated rings. The van der Waals surface area contributed by atoms with Crippen molar-refractivity contribution in [1.29, 1.82) is 0 Å². The van der Waals surface area contributed by atoms with E-state index in [0.29, 0.717) is 0 Å². The first kappa shape index (κ1) is 22.5. The maximum absolute atomic E-state index is 13.7. The molecule has 0 radical (unpaired) electrons. The Hall–Kier alpha value is -4.69. The third-order valence-electron chi connectivity index (χ3n) is 6.72. The molecule has 0 bridgehead atoms. The van der Waals surface area contributed by atoms with Gasteiger partial charge in [0.05, 0.1) is 34.8 Å². The highest BCUT2D eigenvalue weighted by Crippen LogP contribution is 2.36. The third-order valence-corrected chi connectivity index (χ3v) is 7.63. The molecule has 0 aliphatic carbocycles. The van der Waals surface area contributed by atoms with Gasteiger partial charge in [0.25, 0.3) is 0 Å². The molecule has 0 unspecified atom stereocenters. The topological polar surface area (TPSA) is 83.1 Å². The van der Waals surface area contributed by atoms with Gasteiger partial charge in [0.15, 0.2) is 5.13 Å². The molecule has 7 rings (SSSR count). The van der Waals surface area contributed by atoms with Gasteiger partial charge in [-0.05, 0) is 54.3 Å². The van der Waals surface area contributed by atoms with Crippen LogP contribution in [-0.2, 0) is 12.8 Å². The van der Waals surface area contributed by atoms with Gasteiger partial charge in [-0.2, -0.15) is 9.49 Å². The Morgan fingerprint density at radius 1 is 0.763 bits per heavy atom. The van der Waals surface area contributed by atoms with Crippen LogP contribution in [0.5, 0.6) is 0 Å². The molecule has 184 valence electrons. The van der Waals surface area contributed by atoms with Gasteiger partial charge in [-0.1, -0.05) is 30.3 Å². The van der Waals surface area contributed by atoms with Crippen LogP contribution in [0.3, 0.4) is 0 Å². The van der Waals surface area contributed by atoms with Crippen molar-refractivity contribution < 1.29 is 4.39 Å². The molecule has 2 N–H and O–H groups in total. The highest BCUT2D eigenvalue weighted by molar-refractivity contribution is 7.14. The Morgan fingerprint density at radius 3 is 2.50 bits per heavy atom. The number of hydrogen-bond acceptors (Lipinski definition) is 5. The first-order chi connectivity index (χ1) is 18.7. The maximum atomic E-state index is 13.7. The molecular weight excluding hydrogens is 495 g/mol. The molecular formula is C30H21FN6S. The van der Waals surface area contributed by atoms with E-state index in [-0.39, 0.29) is 5.13 Å². The molecule has 0 spiro atoms. The Kier molecular flexibility index (Phi) is 5.52. The molecule has 38 heavy (non-hydrogen) atoms. The van der Waals surface area contributed by atoms with Crippen molar-refractivity contribution in [3.8, 4) is 33.1 Å². The lowest BCUT2D eigenvalue weighted by atomic mass is 10.0. The standard InChI is InChI=1S/C30H21FN6S/c31-29-9-8-28(38-29)23-15-33-16-26-21(23)11-25(35-26)30-22-12-24(34-17-27(22)36-37-30)20-10-19(13-32-14-20)7-6-18-4-2-1-3-5-18/h1-5,8-17,35H,6-7H2,(H,36,37). The van der Waals surface area contributed by atoms with Gasteiger partial charge >= 0.3 is 0 Å². The monoisotopic (exact) mass is 516 g/mol. The fourth-order valence-corrected chi connectivity index (χ4v) is 5.57. The number of thiophene rings is 1. The number of aromatic nitrogens is 6. The minimum atomic E-state index is -0.218. The molecule has 8 heteroatoms. The number of hydrogen-bond donors (Lipinski definition) is 2. The Balaban J connectivity index is 1.24. The summed E-state index contributed by atoms with van der Waals surface area (Å²) in [5.41, 5.74) is 8.51. The first-order valence-electron chi connectivity index (χ1n) is 12.3. The van der Waals surface area contributed by atoms with Crippen molar-refractivity contribution in [3.05, 3.63) is 108 Å². The lowest BCUT2D eigenvalue weighted by Crippen LogP contribution is -1.93. The molecule has 6 aromatic heterocycles. The number of halogens is 1. The van der Waals surface area contributed by atoms with Crippen LogP contribution in [0.25, 0.3) is 54.9 Å². The normalized spacial score (nSPS) is 11.5. The summed E-state index contributed by atoms with van der Waals surface area (Å²) in [6.45, 7) is 0. The van der Waals surface area contributed by atoms with E-state index in [1.54, 1.807) is 18.5 Å². The number of aromatic amines is 2. The van der Waals surface area contributed by atoms with Crippen LogP contribution >= 0.6 is 11.3 Å². The molecule has 0 aliphatic heterocycles. The molecule has 0 amide bonds. The SMILES string of the molecule is Fc1ccc(-c2cncc3[nH]c(-c4n[nH]c5cnc(-c6cncc(CCc7ccccc7)c6)cc45)cc23)s1. The van der Waals surface area contributed by atoms with Crippen molar-refractivity contribution >= 4 is 33.1 Å². The van der Waals surface area contributed by atoms with E-state index in [4.69, 9.17) is 0 Å². The predicted octanol–water partition coefficient (Wildman–Crippen LogP) is 7.22. The minimum absolute atomic E-state index is 0.218. The van der Waals surface area contributed by atoms with Gasteiger partial charge in [-0.25, -0.2) is 0 Å². The quantitative estimate of drug-likeness (QED) is 0.245. The second-order valence-electron chi connectivity index (χ2n) is 9.19. The number of aryl methyl sites for hydroxylation is 2. The third kappa shape index (κ3) is 4.14. The largest absolute Gasteiger partial charge is 0.352 e. The van der Waals surface area contributed by atoms with Gasteiger partial charge in [0.2, 0.25) is 0 Å². The van der Waals surface area contributed by atoms with Gasteiger partial charge in [0.1, 0.15) is 5.69 Å². The second kappa shape index (κ2) is 9.32. The first-order valence-corrected chi connectivity index (χ1v) is 13.1. The van der Waals surface area contributed by atoms with E-state index >= 15 is 0 Å². The number of nitrogens with zero attached hydrogens (tertiary/aromatic N) is 4. The van der Waals surface area contributed by atoms with Crippen LogP contribution < -0.4 is 0 Å². The molecule has 7 aromatic rings. The summed E-state index contributed by atoms with van der Waals surface area (Å²) in [6, 6.07) is 20.0. The number of H-pyrrole nitrogens is 2. The zero-order chi connectivity index (χ0) is 25.5. The number of rotatable bonds is 6. The van der Waals surface area contributed by atoms with E-state index in [9.17, 15) is 4.39 Å². The van der Waals surface area contributed by atoms with Crippen LogP contribution in [0.2, 0.25) is 0 Å². The Labute approximate surface area is 221 Å². The van der Waals surface area contributed by atoms with Crippen LogP contribution in [0.1, 0.15) is 11.1 Å². The average molecular weight is 517 g/mol. The van der Waals surface area contributed by atoms with Crippen molar-refractivity contribution in [2.45, 2.75) is 12.8 Å². The van der Waals surface area contributed by atoms with E-state index in [2.05, 4.69) is 60.5 Å². The summed E-state index contributed by atoms with van der Waals surface area (Å²) in [6.07, 6.45) is 11.0. The lowest BCUT2D eigenvalue weighted by molar-refractivity contribution is 0.657. The molecule has 0 saturated carbocycles. The summed E-state index contributed by atoms with van der Waals surface area (Å²) in [5, 5.41) is 9.39. The lowest BCUT2D eigenvalue weighted by Gasteiger charge is -2.05. The van der Waals surface area contributed by atoms with Crippen molar-refractivity contribution in [2.24, 2.45) is 0 Å². The maximum Gasteiger partial charge on any atom is 0.176 e. The molecule has 6 nitrogen and oxygen atoms in total. The summed E-state index contributed by atoms with van der Waals surface area (Å²) < 4.78 is 13.7. The van der Waals surface area contributed by atoms with Crippen molar-refractivity contribution in [2.75, 3.05) is 0 Å². The summed E-state index contributed by atoms with van der Waals surface area (Å²) in [5.74, 6) is 0. The van der Waals surface area contributed by atoms with Gasteiger partial charge < -0.3 is 4.98 Å². The average Bonchev–Trinajstić information content (AvgIpc) is 3.70. The van der Waals surface area contributed by atoms with Crippen LogP contribution in [0, 0.1) is 5.13 Å². The fraction of sp³-hybridized carbons (Fsp3) is 0.0667. The van der Waals surface area contributed by atoms with Gasteiger partial charge in [0, 0.05) is 45.4 Å².